The van der Waals surface area contributed by atoms with Gasteiger partial charge in [0.25, 0.3) is 0 Å². The third-order valence-corrected chi connectivity index (χ3v) is 2.59. The molecule has 1 atom stereocenters. The summed E-state index contributed by atoms with van der Waals surface area (Å²) >= 11 is 0. The monoisotopic (exact) mass is 238 g/mol. The number of benzene rings is 1. The van der Waals surface area contributed by atoms with Crippen LogP contribution in [0.1, 0.15) is 17.3 Å². The number of hydrogen-bond acceptors (Lipinski definition) is 4. The van der Waals surface area contributed by atoms with Gasteiger partial charge in [0.2, 0.25) is 0 Å². The smallest absolute Gasteiger partial charge is 0.142 e. The topological polar surface area (TPSA) is 74.7 Å². The molecule has 0 amide bonds. The van der Waals surface area contributed by atoms with Crippen molar-refractivity contribution >= 4 is 5.82 Å². The molecule has 0 aliphatic heterocycles. The first kappa shape index (κ1) is 12.1. The van der Waals surface area contributed by atoms with Gasteiger partial charge in [-0.15, -0.1) is 0 Å². The molecular formula is C14H14N4. The summed E-state index contributed by atoms with van der Waals surface area (Å²) < 4.78 is 0. The summed E-state index contributed by atoms with van der Waals surface area (Å²) in [5.41, 5.74) is 7.53. The van der Waals surface area contributed by atoms with Crippen LogP contribution in [0.5, 0.6) is 0 Å². The van der Waals surface area contributed by atoms with Crippen molar-refractivity contribution in [2.24, 2.45) is 5.73 Å². The van der Waals surface area contributed by atoms with Gasteiger partial charge >= 0.3 is 0 Å². The lowest BCUT2D eigenvalue weighted by atomic mass is 10.1. The zero-order valence-electron chi connectivity index (χ0n) is 9.88. The molecule has 0 aliphatic rings. The highest BCUT2D eigenvalue weighted by molar-refractivity contribution is 5.38. The standard InChI is InChI=1S/C14H14N4/c15-9-12-7-4-8-14(18-12)17-10-13(16)11-5-2-1-3-6-11/h1-8,13H,10,16H2,(H,17,18). The maximum absolute atomic E-state index is 8.75. The molecule has 0 fully saturated rings. The first-order valence-electron chi connectivity index (χ1n) is 5.71. The van der Waals surface area contributed by atoms with Crippen LogP contribution in [0.25, 0.3) is 0 Å². The second kappa shape index (κ2) is 5.80. The number of nitrogens with two attached hydrogens (primary N) is 1. The molecule has 1 aromatic carbocycles. The van der Waals surface area contributed by atoms with E-state index in [1.165, 1.54) is 0 Å². The number of pyridine rings is 1. The van der Waals surface area contributed by atoms with Gasteiger partial charge in [0.05, 0.1) is 0 Å². The number of nitrogens with one attached hydrogen (secondary N) is 1. The van der Waals surface area contributed by atoms with Gasteiger partial charge in [0, 0.05) is 12.6 Å². The van der Waals surface area contributed by atoms with Crippen molar-refractivity contribution in [3.8, 4) is 6.07 Å². The van der Waals surface area contributed by atoms with Crippen molar-refractivity contribution in [1.82, 2.24) is 4.98 Å². The molecule has 0 saturated heterocycles. The van der Waals surface area contributed by atoms with Crippen LogP contribution >= 0.6 is 0 Å². The van der Waals surface area contributed by atoms with Gasteiger partial charge in [0.15, 0.2) is 0 Å². The van der Waals surface area contributed by atoms with Crippen LogP contribution in [-0.4, -0.2) is 11.5 Å². The molecule has 4 heteroatoms. The Labute approximate surface area is 106 Å². The summed E-state index contributed by atoms with van der Waals surface area (Å²) in [7, 11) is 0. The predicted molar refractivity (Wildman–Crippen MR) is 70.8 cm³/mol. The van der Waals surface area contributed by atoms with Gasteiger partial charge in [-0.2, -0.15) is 5.26 Å². The molecule has 0 radical (unpaired) electrons. The van der Waals surface area contributed by atoms with Crippen LogP contribution in [0.15, 0.2) is 48.5 Å². The zero-order chi connectivity index (χ0) is 12.8. The fraction of sp³-hybridized carbons (Fsp3) is 0.143. The average Bonchev–Trinajstić information content (AvgIpc) is 2.46. The average molecular weight is 238 g/mol. The van der Waals surface area contributed by atoms with Crippen molar-refractivity contribution in [2.45, 2.75) is 6.04 Å². The van der Waals surface area contributed by atoms with E-state index in [0.29, 0.717) is 18.1 Å². The maximum Gasteiger partial charge on any atom is 0.142 e. The number of hydrogen-bond donors (Lipinski definition) is 2. The van der Waals surface area contributed by atoms with Crippen LogP contribution in [0, 0.1) is 11.3 Å². The lowest BCUT2D eigenvalue weighted by Gasteiger charge is -2.13. The normalized spacial score (nSPS) is 11.6. The third kappa shape index (κ3) is 3.06. The zero-order valence-corrected chi connectivity index (χ0v) is 9.88. The Balaban J connectivity index is 1.97. The lowest BCUT2D eigenvalue weighted by Crippen LogP contribution is -2.20. The van der Waals surface area contributed by atoms with E-state index in [1.807, 2.05) is 42.5 Å². The Kier molecular flexibility index (Phi) is 3.90. The minimum atomic E-state index is -0.0984. The molecule has 4 nitrogen and oxygen atoms in total. The molecule has 3 N–H and O–H groups in total. The third-order valence-electron chi connectivity index (χ3n) is 2.59. The summed E-state index contributed by atoms with van der Waals surface area (Å²) in [6.45, 7) is 0.575. The lowest BCUT2D eigenvalue weighted by molar-refractivity contribution is 0.762. The number of anilines is 1. The second-order valence-electron chi connectivity index (χ2n) is 3.92. The van der Waals surface area contributed by atoms with E-state index in [0.717, 1.165) is 5.56 Å². The molecule has 1 heterocycles. The summed E-state index contributed by atoms with van der Waals surface area (Å²) in [5.74, 6) is 0.667. The molecule has 90 valence electrons. The van der Waals surface area contributed by atoms with Crippen LogP contribution in [-0.2, 0) is 0 Å². The van der Waals surface area contributed by atoms with Gasteiger partial charge in [0.1, 0.15) is 17.6 Å². The minimum absolute atomic E-state index is 0.0984. The Bertz CT molecular complexity index is 545. The summed E-state index contributed by atoms with van der Waals surface area (Å²) in [6, 6.07) is 17.1. The van der Waals surface area contributed by atoms with Crippen LogP contribution in [0.2, 0.25) is 0 Å². The minimum Gasteiger partial charge on any atom is -0.368 e. The van der Waals surface area contributed by atoms with Gasteiger partial charge in [-0.05, 0) is 17.7 Å². The molecule has 0 spiro atoms. The van der Waals surface area contributed by atoms with Crippen molar-refractivity contribution in [3.05, 3.63) is 59.8 Å². The molecule has 2 rings (SSSR count). The highest BCUT2D eigenvalue weighted by Gasteiger charge is 2.05. The number of rotatable bonds is 4. The van der Waals surface area contributed by atoms with E-state index in [4.69, 9.17) is 11.0 Å². The number of nitriles is 1. The fourth-order valence-electron chi connectivity index (χ4n) is 1.63. The van der Waals surface area contributed by atoms with Gasteiger partial charge < -0.3 is 11.1 Å². The van der Waals surface area contributed by atoms with Crippen molar-refractivity contribution < 1.29 is 0 Å². The van der Waals surface area contributed by atoms with Gasteiger partial charge in [-0.1, -0.05) is 36.4 Å². The highest BCUT2D eigenvalue weighted by atomic mass is 15.0. The summed E-state index contributed by atoms with van der Waals surface area (Å²) in [4.78, 5) is 4.13. The molecule has 0 saturated carbocycles. The van der Waals surface area contributed by atoms with Gasteiger partial charge in [-0.25, -0.2) is 4.98 Å². The largest absolute Gasteiger partial charge is 0.368 e. The molecule has 0 bridgehead atoms. The molecule has 2 aromatic rings. The Morgan fingerprint density at radius 3 is 2.67 bits per heavy atom. The highest BCUT2D eigenvalue weighted by Crippen LogP contribution is 2.11. The number of nitrogens with zero attached hydrogens (tertiary/aromatic N) is 2. The van der Waals surface area contributed by atoms with Crippen LogP contribution < -0.4 is 11.1 Å². The fourth-order valence-corrected chi connectivity index (χ4v) is 1.63. The molecule has 18 heavy (non-hydrogen) atoms. The van der Waals surface area contributed by atoms with Crippen molar-refractivity contribution in [2.75, 3.05) is 11.9 Å². The van der Waals surface area contributed by atoms with E-state index in [1.54, 1.807) is 12.1 Å². The molecule has 1 unspecified atom stereocenters. The number of aromatic nitrogens is 1. The second-order valence-corrected chi connectivity index (χ2v) is 3.92. The summed E-state index contributed by atoms with van der Waals surface area (Å²) in [6.07, 6.45) is 0. The molecular weight excluding hydrogens is 224 g/mol. The van der Waals surface area contributed by atoms with E-state index < -0.39 is 0 Å². The van der Waals surface area contributed by atoms with E-state index in [2.05, 4.69) is 10.3 Å². The van der Waals surface area contributed by atoms with Crippen LogP contribution in [0.3, 0.4) is 0 Å². The Morgan fingerprint density at radius 1 is 1.17 bits per heavy atom. The van der Waals surface area contributed by atoms with Crippen molar-refractivity contribution in [1.29, 1.82) is 5.26 Å². The first-order valence-corrected chi connectivity index (χ1v) is 5.71. The van der Waals surface area contributed by atoms with Gasteiger partial charge in [-0.3, -0.25) is 0 Å². The van der Waals surface area contributed by atoms with Crippen LogP contribution in [0.4, 0.5) is 5.82 Å². The maximum atomic E-state index is 8.75. The summed E-state index contributed by atoms with van der Waals surface area (Å²) in [5, 5.41) is 11.9. The van der Waals surface area contributed by atoms with Crippen molar-refractivity contribution in [3.63, 3.8) is 0 Å². The van der Waals surface area contributed by atoms with E-state index in [-0.39, 0.29) is 6.04 Å². The molecule has 0 aliphatic carbocycles. The SMILES string of the molecule is N#Cc1cccc(NCC(N)c2ccccc2)n1. The van der Waals surface area contributed by atoms with E-state index in [9.17, 15) is 0 Å². The quantitative estimate of drug-likeness (QED) is 0.855. The Hall–Kier alpha value is -2.38. The first-order chi connectivity index (χ1) is 8.79. The molecule has 1 aromatic heterocycles. The van der Waals surface area contributed by atoms with E-state index >= 15 is 0 Å². The predicted octanol–water partition coefficient (Wildman–Crippen LogP) is 2.07. The Morgan fingerprint density at radius 2 is 1.94 bits per heavy atom.